The summed E-state index contributed by atoms with van der Waals surface area (Å²) < 4.78 is 18.5. The van der Waals surface area contributed by atoms with Crippen molar-refractivity contribution >= 4 is 28.6 Å². The van der Waals surface area contributed by atoms with Gasteiger partial charge in [-0.15, -0.1) is 0 Å². The van der Waals surface area contributed by atoms with Crippen LogP contribution in [0.3, 0.4) is 0 Å². The van der Waals surface area contributed by atoms with Gasteiger partial charge in [-0.05, 0) is 6.07 Å². The number of halogens is 2. The van der Waals surface area contributed by atoms with Crippen molar-refractivity contribution in [1.82, 2.24) is 4.98 Å². The van der Waals surface area contributed by atoms with Gasteiger partial charge >= 0.3 is 0 Å². The molecule has 0 radical (unpaired) electrons. The number of hydrogen-bond acceptors (Lipinski definition) is 5. The summed E-state index contributed by atoms with van der Waals surface area (Å²) in [5.74, 6) is -0.966. The Balaban J connectivity index is 2.25. The molecule has 0 N–H and O–H groups in total. The fourth-order valence-corrected chi connectivity index (χ4v) is 1.87. The normalized spacial score (nSPS) is 10.2. The summed E-state index contributed by atoms with van der Waals surface area (Å²) in [5, 5.41) is 12.3. The van der Waals surface area contributed by atoms with Crippen LogP contribution in [0.15, 0.2) is 23.6 Å². The Morgan fingerprint density at radius 1 is 1.53 bits per heavy atom. The number of nitro benzene ring substituents is 1. The number of aromatic nitrogens is 1. The molecule has 1 heterocycles. The summed E-state index contributed by atoms with van der Waals surface area (Å²) >= 11 is 6.67. The van der Waals surface area contributed by atoms with Gasteiger partial charge in [0.05, 0.1) is 11.0 Å². The summed E-state index contributed by atoms with van der Waals surface area (Å²) in [7, 11) is 0. The summed E-state index contributed by atoms with van der Waals surface area (Å²) in [5.41, 5.74) is -0.341. The Bertz CT molecular complexity index is 575. The summed E-state index contributed by atoms with van der Waals surface area (Å²) in [6.45, 7) is 0. The van der Waals surface area contributed by atoms with Crippen molar-refractivity contribution in [3.8, 4) is 10.9 Å². The smallest absolute Gasteiger partial charge is 0.280 e. The van der Waals surface area contributed by atoms with Crippen molar-refractivity contribution < 1.29 is 14.1 Å². The molecule has 1 aromatic carbocycles. The van der Waals surface area contributed by atoms with Gasteiger partial charge < -0.3 is 4.74 Å². The number of nitro groups is 1. The molecule has 0 aliphatic carbocycles. The van der Waals surface area contributed by atoms with Gasteiger partial charge in [0, 0.05) is 11.4 Å². The molecule has 0 unspecified atom stereocenters. The van der Waals surface area contributed by atoms with Crippen LogP contribution in [0.2, 0.25) is 5.15 Å². The lowest BCUT2D eigenvalue weighted by molar-refractivity contribution is -0.385. The maximum Gasteiger partial charge on any atom is 0.280 e. The summed E-state index contributed by atoms with van der Waals surface area (Å²) in [6, 6.07) is 3.10. The molecule has 5 nitrogen and oxygen atoms in total. The molecule has 8 heteroatoms. The third-order valence-electron chi connectivity index (χ3n) is 1.78. The van der Waals surface area contributed by atoms with Gasteiger partial charge in [0.1, 0.15) is 5.15 Å². The van der Waals surface area contributed by atoms with E-state index in [4.69, 9.17) is 16.3 Å². The minimum absolute atomic E-state index is 0.137. The van der Waals surface area contributed by atoms with Gasteiger partial charge in [-0.25, -0.2) is 4.39 Å². The van der Waals surface area contributed by atoms with E-state index in [2.05, 4.69) is 4.98 Å². The van der Waals surface area contributed by atoms with Crippen molar-refractivity contribution in [2.75, 3.05) is 0 Å². The molecule has 0 bridgehead atoms. The fourth-order valence-electron chi connectivity index (χ4n) is 1.07. The SMILES string of the molecule is O=[N+]([O-])c1ccc(Oc2nc(Cl)cs2)c(F)c1. The van der Waals surface area contributed by atoms with E-state index in [0.29, 0.717) is 0 Å². The minimum atomic E-state index is -0.828. The van der Waals surface area contributed by atoms with E-state index < -0.39 is 10.7 Å². The molecular formula is C9H4ClFN2O3S. The monoisotopic (exact) mass is 274 g/mol. The highest BCUT2D eigenvalue weighted by Crippen LogP contribution is 2.30. The molecule has 17 heavy (non-hydrogen) atoms. The Labute approximate surface area is 104 Å². The zero-order valence-electron chi connectivity index (χ0n) is 8.09. The zero-order chi connectivity index (χ0) is 12.4. The Hall–Kier alpha value is -1.73. The molecule has 2 rings (SSSR count). The standard InChI is InChI=1S/C9H4ClFN2O3S/c10-8-4-17-9(12-8)16-7-2-1-5(13(14)15)3-6(7)11/h1-4H. The van der Waals surface area contributed by atoms with E-state index in [0.717, 1.165) is 23.5 Å². The van der Waals surface area contributed by atoms with Gasteiger partial charge in [-0.3, -0.25) is 10.1 Å². The van der Waals surface area contributed by atoms with Crippen molar-refractivity contribution in [3.05, 3.63) is 44.7 Å². The van der Waals surface area contributed by atoms with E-state index in [-0.39, 0.29) is 21.8 Å². The number of hydrogen-bond donors (Lipinski definition) is 0. The van der Waals surface area contributed by atoms with Crippen molar-refractivity contribution in [1.29, 1.82) is 0 Å². The summed E-state index contributed by atoms with van der Waals surface area (Å²) in [4.78, 5) is 13.5. The van der Waals surface area contributed by atoms with Crippen molar-refractivity contribution in [2.45, 2.75) is 0 Å². The van der Waals surface area contributed by atoms with Crippen LogP contribution in [0.25, 0.3) is 0 Å². The van der Waals surface area contributed by atoms with Gasteiger partial charge in [-0.1, -0.05) is 22.9 Å². The third-order valence-corrected chi connectivity index (χ3v) is 2.82. The average molecular weight is 275 g/mol. The predicted octanol–water partition coefficient (Wildman–Crippen LogP) is 3.64. The first-order valence-electron chi connectivity index (χ1n) is 4.29. The second kappa shape index (κ2) is 4.64. The van der Waals surface area contributed by atoms with E-state index in [1.807, 2.05) is 0 Å². The fraction of sp³-hybridized carbons (Fsp3) is 0. The van der Waals surface area contributed by atoms with E-state index in [1.165, 1.54) is 11.4 Å². The highest BCUT2D eigenvalue weighted by Gasteiger charge is 2.13. The first kappa shape index (κ1) is 11.7. The van der Waals surface area contributed by atoms with E-state index >= 15 is 0 Å². The second-order valence-corrected chi connectivity index (χ2v) is 4.12. The second-order valence-electron chi connectivity index (χ2n) is 2.91. The Kier molecular flexibility index (Phi) is 3.21. The highest BCUT2D eigenvalue weighted by molar-refractivity contribution is 7.11. The average Bonchev–Trinajstić information content (AvgIpc) is 2.67. The molecule has 0 aliphatic rings. The Morgan fingerprint density at radius 3 is 2.82 bits per heavy atom. The van der Waals surface area contributed by atoms with Crippen LogP contribution in [0, 0.1) is 15.9 Å². The molecule has 88 valence electrons. The Morgan fingerprint density at radius 2 is 2.29 bits per heavy atom. The lowest BCUT2D eigenvalue weighted by Crippen LogP contribution is -1.92. The first-order valence-corrected chi connectivity index (χ1v) is 5.55. The van der Waals surface area contributed by atoms with Crippen LogP contribution in [0.1, 0.15) is 0 Å². The molecule has 0 saturated carbocycles. The number of rotatable bonds is 3. The maximum absolute atomic E-state index is 13.4. The molecule has 0 aliphatic heterocycles. The molecule has 2 aromatic rings. The first-order chi connectivity index (χ1) is 8.06. The van der Waals surface area contributed by atoms with Crippen LogP contribution in [0.5, 0.6) is 10.9 Å². The number of ether oxygens (including phenoxy) is 1. The topological polar surface area (TPSA) is 65.3 Å². The van der Waals surface area contributed by atoms with Crippen LogP contribution in [-0.2, 0) is 0 Å². The quantitative estimate of drug-likeness (QED) is 0.633. The van der Waals surface area contributed by atoms with Crippen molar-refractivity contribution in [3.63, 3.8) is 0 Å². The van der Waals surface area contributed by atoms with Gasteiger partial charge in [0.25, 0.3) is 10.9 Å². The summed E-state index contributed by atoms with van der Waals surface area (Å²) in [6.07, 6.45) is 0. The lowest BCUT2D eigenvalue weighted by atomic mass is 10.3. The number of non-ortho nitro benzene ring substituents is 1. The molecule has 0 saturated heterocycles. The number of benzene rings is 1. The van der Waals surface area contributed by atoms with Crippen molar-refractivity contribution in [2.24, 2.45) is 0 Å². The van der Waals surface area contributed by atoms with Crippen LogP contribution in [0.4, 0.5) is 10.1 Å². The number of thiazole rings is 1. The predicted molar refractivity (Wildman–Crippen MR) is 60.3 cm³/mol. The number of nitrogens with zero attached hydrogens (tertiary/aromatic N) is 2. The largest absolute Gasteiger partial charge is 0.428 e. The van der Waals surface area contributed by atoms with Crippen LogP contribution in [-0.4, -0.2) is 9.91 Å². The van der Waals surface area contributed by atoms with Gasteiger partial charge in [0.2, 0.25) is 0 Å². The van der Waals surface area contributed by atoms with Gasteiger partial charge in [-0.2, -0.15) is 4.98 Å². The molecule has 0 spiro atoms. The van der Waals surface area contributed by atoms with E-state index in [1.54, 1.807) is 0 Å². The zero-order valence-corrected chi connectivity index (χ0v) is 9.67. The minimum Gasteiger partial charge on any atom is -0.428 e. The maximum atomic E-state index is 13.4. The molecule has 0 atom stereocenters. The van der Waals surface area contributed by atoms with Crippen LogP contribution < -0.4 is 4.74 Å². The van der Waals surface area contributed by atoms with Crippen LogP contribution >= 0.6 is 22.9 Å². The van der Waals surface area contributed by atoms with E-state index in [9.17, 15) is 14.5 Å². The lowest BCUT2D eigenvalue weighted by Gasteiger charge is -2.02. The molecule has 1 aromatic heterocycles. The van der Waals surface area contributed by atoms with Gasteiger partial charge in [0.15, 0.2) is 11.6 Å². The molecule has 0 fully saturated rings. The highest BCUT2D eigenvalue weighted by atomic mass is 35.5. The third kappa shape index (κ3) is 2.69. The molecular weight excluding hydrogens is 271 g/mol. The molecule has 0 amide bonds.